The summed E-state index contributed by atoms with van der Waals surface area (Å²) in [6.07, 6.45) is 0.273. The molecule has 0 amide bonds. The molecular formula is C21H16BrClO5. The van der Waals surface area contributed by atoms with Crippen LogP contribution in [0.15, 0.2) is 46.9 Å². The minimum Gasteiger partial charge on any atom is -0.468 e. The second kappa shape index (κ2) is 6.42. The Bertz CT molecular complexity index is 1020. The van der Waals surface area contributed by atoms with Gasteiger partial charge in [0.05, 0.1) is 12.5 Å². The summed E-state index contributed by atoms with van der Waals surface area (Å²) in [6.45, 7) is 1.79. The van der Waals surface area contributed by atoms with E-state index in [1.54, 1.807) is 49.4 Å². The van der Waals surface area contributed by atoms with E-state index in [-0.39, 0.29) is 12.2 Å². The summed E-state index contributed by atoms with van der Waals surface area (Å²) in [5, 5.41) is 0.492. The van der Waals surface area contributed by atoms with Crippen molar-refractivity contribution >= 4 is 45.3 Å². The molecule has 1 saturated carbocycles. The maximum absolute atomic E-state index is 13.6. The lowest BCUT2D eigenvalue weighted by atomic mass is 9.83. The molecule has 1 aliphatic carbocycles. The van der Waals surface area contributed by atoms with E-state index in [9.17, 15) is 14.4 Å². The lowest BCUT2D eigenvalue weighted by Gasteiger charge is -2.22. The molecule has 0 aromatic heterocycles. The van der Waals surface area contributed by atoms with Gasteiger partial charge in [-0.05, 0) is 48.9 Å². The maximum Gasteiger partial charge on any atom is 0.330 e. The van der Waals surface area contributed by atoms with Crippen molar-refractivity contribution in [3.8, 4) is 5.75 Å². The van der Waals surface area contributed by atoms with E-state index < -0.39 is 28.7 Å². The highest BCUT2D eigenvalue weighted by Gasteiger charge is 2.90. The number of Topliss-reactive ketones (excluding diaryl/α,β-unsaturated/α-hetero) is 1. The molecule has 2 aromatic rings. The van der Waals surface area contributed by atoms with Gasteiger partial charge in [0.2, 0.25) is 0 Å². The summed E-state index contributed by atoms with van der Waals surface area (Å²) in [6, 6.07) is 11.6. The predicted octanol–water partition coefficient (Wildman–Crippen LogP) is 4.56. The van der Waals surface area contributed by atoms with Crippen LogP contribution in [-0.2, 0) is 14.3 Å². The highest BCUT2D eigenvalue weighted by Crippen LogP contribution is 2.80. The third kappa shape index (κ3) is 2.22. The topological polar surface area (TPSA) is 69.7 Å². The molecule has 5 nitrogen and oxygen atoms in total. The zero-order chi connectivity index (χ0) is 20.3. The molecule has 0 saturated heterocycles. The van der Waals surface area contributed by atoms with E-state index in [1.165, 1.54) is 7.11 Å². The quantitative estimate of drug-likeness (QED) is 0.288. The van der Waals surface area contributed by atoms with Gasteiger partial charge in [0.25, 0.3) is 0 Å². The fourth-order valence-corrected chi connectivity index (χ4v) is 5.21. The Balaban J connectivity index is 1.95. The molecule has 0 radical (unpaired) electrons. The van der Waals surface area contributed by atoms with Gasteiger partial charge in [0.15, 0.2) is 11.2 Å². The number of carbonyl (C=O) groups excluding carboxylic acids is 3. The fraction of sp³-hybridized carbons (Fsp3) is 0.286. The van der Waals surface area contributed by atoms with Crippen LogP contribution < -0.4 is 4.74 Å². The van der Waals surface area contributed by atoms with Gasteiger partial charge < -0.3 is 9.47 Å². The molecule has 1 fully saturated rings. The molecule has 1 heterocycles. The maximum atomic E-state index is 13.6. The first kappa shape index (κ1) is 19.2. The first-order valence-electron chi connectivity index (χ1n) is 8.75. The van der Waals surface area contributed by atoms with E-state index >= 15 is 0 Å². The van der Waals surface area contributed by atoms with Gasteiger partial charge in [-0.3, -0.25) is 14.4 Å². The summed E-state index contributed by atoms with van der Waals surface area (Å²) < 4.78 is 11.2. The Hall–Kier alpha value is -2.18. The molecule has 1 aliphatic heterocycles. The van der Waals surface area contributed by atoms with Crippen LogP contribution in [0.2, 0.25) is 5.02 Å². The summed E-state index contributed by atoms with van der Waals surface area (Å²) in [5.41, 5.74) is -1.95. The fourth-order valence-electron chi connectivity index (χ4n) is 4.71. The van der Waals surface area contributed by atoms with Gasteiger partial charge in [-0.2, -0.15) is 0 Å². The molecule has 3 unspecified atom stereocenters. The first-order valence-corrected chi connectivity index (χ1v) is 9.92. The zero-order valence-electron chi connectivity index (χ0n) is 15.1. The van der Waals surface area contributed by atoms with Crippen LogP contribution >= 0.6 is 27.5 Å². The molecule has 0 bridgehead atoms. The van der Waals surface area contributed by atoms with Crippen LogP contribution in [0.25, 0.3) is 0 Å². The highest BCUT2D eigenvalue weighted by atomic mass is 79.9. The van der Waals surface area contributed by atoms with Crippen LogP contribution in [0.3, 0.4) is 0 Å². The third-order valence-electron chi connectivity index (χ3n) is 5.93. The molecule has 28 heavy (non-hydrogen) atoms. The molecule has 144 valence electrons. The number of benzene rings is 2. The Morgan fingerprint density at radius 3 is 2.50 bits per heavy atom. The normalized spacial score (nSPS) is 27.3. The Morgan fingerprint density at radius 1 is 1.21 bits per heavy atom. The Kier molecular flexibility index (Phi) is 4.39. The number of carbonyl (C=O) groups is 3. The highest BCUT2D eigenvalue weighted by molar-refractivity contribution is 9.10. The summed E-state index contributed by atoms with van der Waals surface area (Å²) >= 11 is 9.36. The first-order chi connectivity index (χ1) is 13.3. The summed E-state index contributed by atoms with van der Waals surface area (Å²) in [5.74, 6) is -2.10. The van der Waals surface area contributed by atoms with Crippen molar-refractivity contribution in [2.75, 3.05) is 7.11 Å². The molecule has 0 spiro atoms. The standard InChI is InChI=1S/C21H16BrClO5/c1-3-20(17(24)11-4-7-13(23)8-5-11)16-14-10-12(22)6-9-15(14)28-19(26)21(16,20)18(25)27-2/h4-10,16H,3H2,1-2H3. The van der Waals surface area contributed by atoms with Crippen molar-refractivity contribution in [1.82, 2.24) is 0 Å². The van der Waals surface area contributed by atoms with E-state index in [2.05, 4.69) is 15.9 Å². The monoisotopic (exact) mass is 462 g/mol. The lowest BCUT2D eigenvalue weighted by Crippen LogP contribution is -2.40. The van der Waals surface area contributed by atoms with Gasteiger partial charge in [-0.25, -0.2) is 0 Å². The van der Waals surface area contributed by atoms with Crippen molar-refractivity contribution in [2.24, 2.45) is 10.8 Å². The molecule has 4 rings (SSSR count). The third-order valence-corrected chi connectivity index (χ3v) is 6.68. The number of rotatable bonds is 4. The minimum absolute atomic E-state index is 0.273. The number of ether oxygens (including phenoxy) is 2. The van der Waals surface area contributed by atoms with Gasteiger partial charge in [0, 0.05) is 26.5 Å². The van der Waals surface area contributed by atoms with Crippen LogP contribution in [0.5, 0.6) is 5.75 Å². The summed E-state index contributed by atoms with van der Waals surface area (Å²) in [7, 11) is 1.21. The number of ketones is 1. The molecule has 2 aliphatic rings. The van der Waals surface area contributed by atoms with Gasteiger partial charge in [-0.15, -0.1) is 0 Å². The van der Waals surface area contributed by atoms with Crippen molar-refractivity contribution in [1.29, 1.82) is 0 Å². The largest absolute Gasteiger partial charge is 0.468 e. The Morgan fingerprint density at radius 2 is 1.89 bits per heavy atom. The lowest BCUT2D eigenvalue weighted by molar-refractivity contribution is -0.160. The minimum atomic E-state index is -1.69. The van der Waals surface area contributed by atoms with E-state index in [1.807, 2.05) is 0 Å². The van der Waals surface area contributed by atoms with E-state index in [0.29, 0.717) is 21.9 Å². The molecule has 2 aromatic carbocycles. The van der Waals surface area contributed by atoms with Crippen molar-refractivity contribution in [2.45, 2.75) is 19.3 Å². The van der Waals surface area contributed by atoms with Crippen LogP contribution in [0.4, 0.5) is 0 Å². The SMILES string of the molecule is CCC1(C(=O)c2ccc(Cl)cc2)C2c3cc(Br)ccc3OC(=O)C21C(=O)OC. The number of hydrogen-bond donors (Lipinski definition) is 0. The average molecular weight is 464 g/mol. The van der Waals surface area contributed by atoms with Gasteiger partial charge >= 0.3 is 11.9 Å². The van der Waals surface area contributed by atoms with Crippen molar-refractivity contribution < 1.29 is 23.9 Å². The zero-order valence-corrected chi connectivity index (χ0v) is 17.5. The number of methoxy groups -OCH3 is 1. The Labute approximate surface area is 175 Å². The second-order valence-electron chi connectivity index (χ2n) is 6.97. The number of fused-ring (bicyclic) bond motifs is 3. The molecule has 0 N–H and O–H groups in total. The summed E-state index contributed by atoms with van der Waals surface area (Å²) in [4.78, 5) is 39.6. The number of halogens is 2. The predicted molar refractivity (Wildman–Crippen MR) is 105 cm³/mol. The smallest absolute Gasteiger partial charge is 0.330 e. The van der Waals surface area contributed by atoms with E-state index in [0.717, 1.165) is 4.47 Å². The van der Waals surface area contributed by atoms with Crippen LogP contribution in [0, 0.1) is 10.8 Å². The van der Waals surface area contributed by atoms with Gasteiger partial charge in [0.1, 0.15) is 5.75 Å². The van der Waals surface area contributed by atoms with Crippen LogP contribution in [0.1, 0.15) is 35.2 Å². The van der Waals surface area contributed by atoms with Crippen LogP contribution in [-0.4, -0.2) is 24.8 Å². The molecular weight excluding hydrogens is 448 g/mol. The molecule has 3 atom stereocenters. The number of esters is 2. The number of hydrogen-bond acceptors (Lipinski definition) is 5. The van der Waals surface area contributed by atoms with Gasteiger partial charge in [-0.1, -0.05) is 34.5 Å². The second-order valence-corrected chi connectivity index (χ2v) is 8.32. The average Bonchev–Trinajstić information content (AvgIpc) is 3.35. The van der Waals surface area contributed by atoms with Crippen molar-refractivity contribution in [3.63, 3.8) is 0 Å². The van der Waals surface area contributed by atoms with E-state index in [4.69, 9.17) is 21.1 Å². The van der Waals surface area contributed by atoms with Crippen molar-refractivity contribution in [3.05, 3.63) is 63.1 Å². The molecule has 7 heteroatoms.